The summed E-state index contributed by atoms with van der Waals surface area (Å²) in [5.74, 6) is 0.657. The largest absolute Gasteiger partial charge is 0.369 e. The van der Waals surface area contributed by atoms with Gasteiger partial charge in [-0.15, -0.1) is 0 Å². The molecule has 0 aliphatic carbocycles. The molecule has 6 nitrogen and oxygen atoms in total. The van der Waals surface area contributed by atoms with E-state index in [0.717, 1.165) is 0 Å². The fraction of sp³-hybridized carbons (Fsp3) is 0.667. The van der Waals surface area contributed by atoms with E-state index in [1.807, 2.05) is 13.8 Å². The highest BCUT2D eigenvalue weighted by atomic mass is 16.6. The van der Waals surface area contributed by atoms with Gasteiger partial charge in [0.1, 0.15) is 5.69 Å². The standard InChI is InChI=1S/C9H13N3O3/c1-3-7-10-6(4-9(2)5-15-9)8(11-7)12(13)14/h3-5H2,1-2H3,(H,10,11)/t9-/m1/s1. The van der Waals surface area contributed by atoms with Crippen LogP contribution in [0.25, 0.3) is 0 Å². The second kappa shape index (κ2) is 3.30. The van der Waals surface area contributed by atoms with Gasteiger partial charge >= 0.3 is 5.82 Å². The van der Waals surface area contributed by atoms with Crippen molar-refractivity contribution in [3.8, 4) is 0 Å². The summed E-state index contributed by atoms with van der Waals surface area (Å²) < 4.78 is 5.20. The number of rotatable bonds is 4. The smallest absolute Gasteiger partial charge is 0.343 e. The van der Waals surface area contributed by atoms with E-state index in [1.54, 1.807) is 0 Å². The number of aromatic amines is 1. The molecule has 0 aromatic carbocycles. The van der Waals surface area contributed by atoms with Gasteiger partial charge in [-0.1, -0.05) is 6.92 Å². The van der Waals surface area contributed by atoms with Crippen LogP contribution >= 0.6 is 0 Å². The van der Waals surface area contributed by atoms with Crippen molar-refractivity contribution in [3.05, 3.63) is 21.6 Å². The van der Waals surface area contributed by atoms with Gasteiger partial charge in [-0.25, -0.2) is 9.97 Å². The van der Waals surface area contributed by atoms with E-state index in [4.69, 9.17) is 4.74 Å². The number of epoxide rings is 1. The molecule has 6 heteroatoms. The Labute approximate surface area is 86.8 Å². The van der Waals surface area contributed by atoms with Crippen LogP contribution in [0.2, 0.25) is 0 Å². The zero-order valence-electron chi connectivity index (χ0n) is 8.74. The molecule has 0 radical (unpaired) electrons. The highest BCUT2D eigenvalue weighted by molar-refractivity contribution is 5.30. The van der Waals surface area contributed by atoms with Crippen molar-refractivity contribution in [2.45, 2.75) is 32.3 Å². The van der Waals surface area contributed by atoms with Crippen LogP contribution < -0.4 is 0 Å². The van der Waals surface area contributed by atoms with Crippen LogP contribution in [0.5, 0.6) is 0 Å². The topological polar surface area (TPSA) is 84.3 Å². The number of hydrogen-bond acceptors (Lipinski definition) is 4. The van der Waals surface area contributed by atoms with Crippen LogP contribution in [-0.2, 0) is 17.6 Å². The maximum atomic E-state index is 10.8. The fourth-order valence-corrected chi connectivity index (χ4v) is 1.47. The molecule has 1 atom stereocenters. The molecule has 15 heavy (non-hydrogen) atoms. The Balaban J connectivity index is 2.27. The fourth-order valence-electron chi connectivity index (χ4n) is 1.47. The second-order valence-electron chi connectivity index (χ2n) is 4.00. The van der Waals surface area contributed by atoms with Crippen LogP contribution in [0.15, 0.2) is 0 Å². The molecule has 2 rings (SSSR count). The Morgan fingerprint density at radius 1 is 1.73 bits per heavy atom. The molecule has 0 unspecified atom stereocenters. The Hall–Kier alpha value is -1.43. The Morgan fingerprint density at radius 2 is 2.40 bits per heavy atom. The summed E-state index contributed by atoms with van der Waals surface area (Å²) in [6.07, 6.45) is 1.16. The summed E-state index contributed by atoms with van der Waals surface area (Å²) in [6, 6.07) is 0. The van der Waals surface area contributed by atoms with Crippen molar-refractivity contribution in [2.24, 2.45) is 0 Å². The van der Waals surface area contributed by atoms with E-state index >= 15 is 0 Å². The van der Waals surface area contributed by atoms with Gasteiger partial charge in [0, 0.05) is 12.8 Å². The zero-order chi connectivity index (χ0) is 11.1. The molecule has 0 saturated carbocycles. The maximum Gasteiger partial charge on any atom is 0.343 e. The Bertz CT molecular complexity index is 395. The van der Waals surface area contributed by atoms with Crippen LogP contribution in [-0.4, -0.2) is 27.1 Å². The first kappa shape index (κ1) is 10.1. The first-order valence-electron chi connectivity index (χ1n) is 4.90. The third kappa shape index (κ3) is 1.99. The maximum absolute atomic E-state index is 10.8. The number of H-pyrrole nitrogens is 1. The molecule has 1 aliphatic rings. The van der Waals surface area contributed by atoms with Gasteiger partial charge in [-0.05, 0) is 11.8 Å². The van der Waals surface area contributed by atoms with E-state index < -0.39 is 4.92 Å². The summed E-state index contributed by atoms with van der Waals surface area (Å²) in [5, 5.41) is 10.8. The third-order valence-corrected chi connectivity index (χ3v) is 2.50. The number of aromatic nitrogens is 2. The summed E-state index contributed by atoms with van der Waals surface area (Å²) >= 11 is 0. The summed E-state index contributed by atoms with van der Waals surface area (Å²) in [4.78, 5) is 17.2. The van der Waals surface area contributed by atoms with Crippen molar-refractivity contribution in [3.63, 3.8) is 0 Å². The number of aryl methyl sites for hydroxylation is 1. The molecule has 1 fully saturated rings. The minimum Gasteiger partial charge on any atom is -0.369 e. The van der Waals surface area contributed by atoms with Gasteiger partial charge in [0.15, 0.2) is 5.82 Å². The average Bonchev–Trinajstić information content (AvgIpc) is 2.76. The predicted molar refractivity (Wildman–Crippen MR) is 52.7 cm³/mol. The SMILES string of the molecule is CCc1nc(C[C@]2(C)CO2)c([N+](=O)[O-])[nH]1. The minimum atomic E-state index is -0.423. The summed E-state index contributed by atoms with van der Waals surface area (Å²) in [6.45, 7) is 4.48. The quantitative estimate of drug-likeness (QED) is 0.461. The molecule has 1 aromatic heterocycles. The molecule has 82 valence electrons. The first-order valence-corrected chi connectivity index (χ1v) is 4.90. The highest BCUT2D eigenvalue weighted by Gasteiger charge is 2.42. The van der Waals surface area contributed by atoms with Gasteiger partial charge in [0.05, 0.1) is 12.2 Å². The van der Waals surface area contributed by atoms with Gasteiger partial charge in [0.25, 0.3) is 0 Å². The number of nitro groups is 1. The molecular formula is C9H13N3O3. The molecule has 0 amide bonds. The normalized spacial score (nSPS) is 24.1. The molecule has 1 aliphatic heterocycles. The second-order valence-corrected chi connectivity index (χ2v) is 4.00. The van der Waals surface area contributed by atoms with Crippen LogP contribution in [0.3, 0.4) is 0 Å². The van der Waals surface area contributed by atoms with Crippen LogP contribution in [0.4, 0.5) is 5.82 Å². The number of nitrogens with one attached hydrogen (secondary N) is 1. The van der Waals surface area contributed by atoms with Crippen LogP contribution in [0, 0.1) is 10.1 Å². The third-order valence-electron chi connectivity index (χ3n) is 2.50. The lowest BCUT2D eigenvalue weighted by molar-refractivity contribution is -0.390. The number of imidazole rings is 1. The molecule has 2 heterocycles. The molecule has 0 bridgehead atoms. The van der Waals surface area contributed by atoms with Crippen LogP contribution in [0.1, 0.15) is 25.4 Å². The van der Waals surface area contributed by atoms with Gasteiger partial charge < -0.3 is 14.9 Å². The van der Waals surface area contributed by atoms with E-state index in [0.29, 0.717) is 31.0 Å². The van der Waals surface area contributed by atoms with Gasteiger partial charge in [-0.3, -0.25) is 0 Å². The van der Waals surface area contributed by atoms with Gasteiger partial charge in [-0.2, -0.15) is 0 Å². The van der Waals surface area contributed by atoms with E-state index in [2.05, 4.69) is 9.97 Å². The predicted octanol–water partition coefficient (Wildman–Crippen LogP) is 1.21. The van der Waals surface area contributed by atoms with Gasteiger partial charge in [0.2, 0.25) is 0 Å². The summed E-state index contributed by atoms with van der Waals surface area (Å²) in [5.41, 5.74) is 0.252. The summed E-state index contributed by atoms with van der Waals surface area (Å²) in [7, 11) is 0. The van der Waals surface area contributed by atoms with E-state index in [-0.39, 0.29) is 11.4 Å². The Morgan fingerprint density at radius 3 is 2.87 bits per heavy atom. The number of ether oxygens (including phenoxy) is 1. The lowest BCUT2D eigenvalue weighted by Gasteiger charge is -2.00. The van der Waals surface area contributed by atoms with Crippen molar-refractivity contribution in [2.75, 3.05) is 6.61 Å². The van der Waals surface area contributed by atoms with Crippen molar-refractivity contribution in [1.29, 1.82) is 0 Å². The number of hydrogen-bond donors (Lipinski definition) is 1. The molecule has 0 spiro atoms. The molecule has 1 aromatic rings. The van der Waals surface area contributed by atoms with Crippen molar-refractivity contribution in [1.82, 2.24) is 9.97 Å². The lowest BCUT2D eigenvalue weighted by Crippen LogP contribution is -2.10. The van der Waals surface area contributed by atoms with E-state index in [9.17, 15) is 10.1 Å². The molecule has 1 N–H and O–H groups in total. The minimum absolute atomic E-state index is 0.00331. The molecular weight excluding hydrogens is 198 g/mol. The first-order chi connectivity index (χ1) is 7.04. The highest BCUT2D eigenvalue weighted by Crippen LogP contribution is 2.32. The monoisotopic (exact) mass is 211 g/mol. The Kier molecular flexibility index (Phi) is 2.22. The lowest BCUT2D eigenvalue weighted by atomic mass is 10.1. The van der Waals surface area contributed by atoms with Crippen molar-refractivity contribution < 1.29 is 9.66 Å². The van der Waals surface area contributed by atoms with Crippen molar-refractivity contribution >= 4 is 5.82 Å². The average molecular weight is 211 g/mol. The zero-order valence-corrected chi connectivity index (χ0v) is 8.74. The van der Waals surface area contributed by atoms with E-state index in [1.165, 1.54) is 0 Å². The number of nitrogens with zero attached hydrogens (tertiary/aromatic N) is 2. The molecule has 1 saturated heterocycles.